The average Bonchev–Trinajstić information content (AvgIpc) is 3.24. The molecule has 16 heteroatoms. The van der Waals surface area contributed by atoms with Crippen LogP contribution in [0.3, 0.4) is 0 Å². The number of rotatable bonds is 12. The predicted molar refractivity (Wildman–Crippen MR) is 128 cm³/mol. The Morgan fingerprint density at radius 2 is 1.89 bits per heavy atom. The van der Waals surface area contributed by atoms with E-state index in [1.165, 1.54) is 24.4 Å². The van der Waals surface area contributed by atoms with Gasteiger partial charge < -0.3 is 19.5 Å². The third-order valence-corrected chi connectivity index (χ3v) is 10.4. The Kier molecular flexibility index (Phi) is 10.4. The molecule has 2 rings (SSSR count). The second kappa shape index (κ2) is 12.4. The zero-order valence-electron chi connectivity index (χ0n) is 20.6. The van der Waals surface area contributed by atoms with Crippen molar-refractivity contribution < 1.29 is 45.4 Å². The zero-order valence-corrected chi connectivity index (χ0v) is 23.0. The lowest BCUT2D eigenvalue weighted by atomic mass is 10.1. The first-order valence-electron chi connectivity index (χ1n) is 11.0. The van der Waals surface area contributed by atoms with E-state index in [9.17, 15) is 31.2 Å². The van der Waals surface area contributed by atoms with E-state index in [2.05, 4.69) is 10.1 Å². The molecule has 13 nitrogen and oxygen atoms in total. The van der Waals surface area contributed by atoms with Crippen molar-refractivity contribution in [2.75, 3.05) is 33.4 Å². The predicted octanol–water partition coefficient (Wildman–Crippen LogP) is 0.128. The number of likely N-dealkylation sites (N-methyl/N-ethyl adjacent to an activating group) is 1. The second-order valence-corrected chi connectivity index (χ2v) is 13.0. The third kappa shape index (κ3) is 7.23. The molecule has 0 saturated heterocycles. The van der Waals surface area contributed by atoms with Crippen LogP contribution in [0.5, 0.6) is 0 Å². The van der Waals surface area contributed by atoms with Gasteiger partial charge in [-0.3, -0.25) is 9.59 Å². The topological polar surface area (TPSA) is 174 Å². The molecule has 1 aliphatic heterocycles. The monoisotopic (exact) mass is 569 g/mol. The van der Waals surface area contributed by atoms with E-state index in [1.807, 2.05) is 11.6 Å². The maximum Gasteiger partial charge on any atom is 0.347 e. The van der Waals surface area contributed by atoms with Gasteiger partial charge in [-0.1, -0.05) is 6.92 Å². The number of methoxy groups -OCH3 is 1. The van der Waals surface area contributed by atoms with Gasteiger partial charge in [0.2, 0.25) is 0 Å². The molecule has 1 aromatic rings. The molecular weight excluding hydrogens is 538 g/mol. The first kappa shape index (κ1) is 30.1. The molecule has 1 aromatic heterocycles. The largest absolute Gasteiger partial charge is 0.451 e. The molecule has 0 aromatic carbocycles. The minimum Gasteiger partial charge on any atom is -0.451 e. The van der Waals surface area contributed by atoms with Crippen molar-refractivity contribution in [2.24, 2.45) is 0 Å². The lowest BCUT2D eigenvalue weighted by molar-refractivity contribution is -0.170. The Bertz CT molecular complexity index is 1180. The van der Waals surface area contributed by atoms with Crippen LogP contribution in [0, 0.1) is 0 Å². The fraction of sp³-hybridized carbons (Fsp3) is 0.650. The zero-order chi connectivity index (χ0) is 27.3. The van der Waals surface area contributed by atoms with Gasteiger partial charge in [0, 0.05) is 45.3 Å². The van der Waals surface area contributed by atoms with Crippen molar-refractivity contribution in [2.45, 2.75) is 60.8 Å². The van der Waals surface area contributed by atoms with Crippen LogP contribution in [0.25, 0.3) is 0 Å². The summed E-state index contributed by atoms with van der Waals surface area (Å²) in [7, 11) is -6.94. The maximum atomic E-state index is 13.2. The molecule has 0 saturated carbocycles. The van der Waals surface area contributed by atoms with Crippen LogP contribution in [-0.2, 0) is 48.6 Å². The van der Waals surface area contributed by atoms with E-state index < -0.39 is 56.1 Å². The number of ether oxygens (including phenoxy) is 3. The Hall–Kier alpha value is -2.11. The molecule has 1 amide bonds. The number of fused-ring (bicyclic) bond motifs is 1. The molecular formula is C20H31N3O10S3. The van der Waals surface area contributed by atoms with Crippen LogP contribution in [0.2, 0.25) is 0 Å². The quantitative estimate of drug-likeness (QED) is 0.258. The number of amides is 1. The summed E-state index contributed by atoms with van der Waals surface area (Å²) in [5.74, 6) is -2.93. The Morgan fingerprint density at radius 1 is 1.22 bits per heavy atom. The first-order chi connectivity index (χ1) is 16.7. The summed E-state index contributed by atoms with van der Waals surface area (Å²) < 4.78 is 69.3. The number of hydrogen-bond donors (Lipinski definition) is 2. The Balaban J connectivity index is 2.25. The summed E-state index contributed by atoms with van der Waals surface area (Å²) in [4.78, 5) is 35.3. The van der Waals surface area contributed by atoms with Crippen LogP contribution in [0.15, 0.2) is 14.5 Å². The molecule has 2 heterocycles. The lowest BCUT2D eigenvalue weighted by Gasteiger charge is -2.32. The fourth-order valence-corrected chi connectivity index (χ4v) is 8.29. The van der Waals surface area contributed by atoms with Gasteiger partial charge in [0.05, 0.1) is 0 Å². The fourth-order valence-electron chi connectivity index (χ4n) is 3.36. The minimum atomic E-state index is -4.49. The molecule has 1 unspecified atom stereocenters. The van der Waals surface area contributed by atoms with Crippen molar-refractivity contribution >= 4 is 49.2 Å². The van der Waals surface area contributed by atoms with Crippen LogP contribution >= 0.6 is 11.3 Å². The molecule has 0 fully saturated rings. The highest BCUT2D eigenvalue weighted by molar-refractivity contribution is 7.94. The third-order valence-electron chi connectivity index (χ3n) is 5.08. The summed E-state index contributed by atoms with van der Waals surface area (Å²) in [6.45, 7) is 6.50. The Morgan fingerprint density at radius 3 is 2.47 bits per heavy atom. The molecule has 0 radical (unpaired) electrons. The number of nitrogens with zero attached hydrogens (tertiary/aromatic N) is 1. The highest BCUT2D eigenvalue weighted by Crippen LogP contribution is 2.40. The van der Waals surface area contributed by atoms with Crippen LogP contribution in [0.4, 0.5) is 0 Å². The summed E-state index contributed by atoms with van der Waals surface area (Å²) >= 11 is 0.532. The van der Waals surface area contributed by atoms with Crippen molar-refractivity contribution in [3.63, 3.8) is 0 Å². The van der Waals surface area contributed by atoms with E-state index in [0.29, 0.717) is 36.5 Å². The van der Waals surface area contributed by atoms with Gasteiger partial charge in [0.1, 0.15) is 8.42 Å². The van der Waals surface area contributed by atoms with E-state index in [4.69, 9.17) is 9.47 Å². The van der Waals surface area contributed by atoms with Crippen LogP contribution in [0.1, 0.15) is 45.7 Å². The normalized spacial score (nSPS) is 19.1. The molecule has 1 aliphatic rings. The smallest absolute Gasteiger partial charge is 0.347 e. The summed E-state index contributed by atoms with van der Waals surface area (Å²) in [6.07, 6.45) is -2.36. The number of nitrogens with one attached hydrogen (secondary N) is 2. The number of hydrogen-bond acceptors (Lipinski definition) is 12. The highest BCUT2D eigenvalue weighted by Gasteiger charge is 2.40. The number of thiophene rings is 1. The number of carbonyl (C=O) groups is 3. The van der Waals surface area contributed by atoms with E-state index in [-0.39, 0.29) is 21.5 Å². The van der Waals surface area contributed by atoms with Gasteiger partial charge in [-0.05, 0) is 32.9 Å². The van der Waals surface area contributed by atoms with E-state index >= 15 is 0 Å². The first-order valence-corrected chi connectivity index (χ1v) is 14.8. The van der Waals surface area contributed by atoms with Gasteiger partial charge in [-0.2, -0.15) is 4.31 Å². The standard InChI is InChI=1S/C20H31N3O10S3/c1-6-21-16-11-23(8-7-9-31-5)36(29,30)20-15(16)10-17(34-20)35(27,28)22-18(25)12(2)33-19(26)13(3)32-14(4)24/h10,12-13,16,21H,6-9,11H2,1-5H3,(H,22,25)/t12-,13-,16?/m0/s1. The van der Waals surface area contributed by atoms with Crippen molar-refractivity contribution in [1.29, 1.82) is 0 Å². The number of esters is 2. The van der Waals surface area contributed by atoms with E-state index in [1.54, 1.807) is 0 Å². The van der Waals surface area contributed by atoms with Gasteiger partial charge in [0.25, 0.3) is 26.0 Å². The molecule has 0 aliphatic carbocycles. The number of carbonyl (C=O) groups excluding carboxylic acids is 3. The number of sulfonamides is 2. The molecule has 3 atom stereocenters. The highest BCUT2D eigenvalue weighted by atomic mass is 32.3. The van der Waals surface area contributed by atoms with E-state index in [0.717, 1.165) is 13.8 Å². The van der Waals surface area contributed by atoms with Crippen molar-refractivity contribution in [3.8, 4) is 0 Å². The lowest BCUT2D eigenvalue weighted by Crippen LogP contribution is -2.43. The molecule has 204 valence electrons. The summed E-state index contributed by atoms with van der Waals surface area (Å²) in [5.41, 5.74) is 0.298. The van der Waals surface area contributed by atoms with Gasteiger partial charge in [-0.15, -0.1) is 11.3 Å². The van der Waals surface area contributed by atoms with Gasteiger partial charge in [0.15, 0.2) is 12.2 Å². The molecule has 2 N–H and O–H groups in total. The maximum absolute atomic E-state index is 13.2. The van der Waals surface area contributed by atoms with Crippen molar-refractivity contribution in [3.05, 3.63) is 11.6 Å². The summed E-state index contributed by atoms with van der Waals surface area (Å²) in [5, 5.41) is 3.16. The average molecular weight is 570 g/mol. The second-order valence-electron chi connectivity index (χ2n) is 7.93. The SMILES string of the molecule is CCNC1CN(CCCOC)S(=O)(=O)c2sc(S(=O)(=O)NC(=O)[C@H](C)OC(=O)[C@H](C)OC(C)=O)cc21. The molecule has 0 spiro atoms. The van der Waals surface area contributed by atoms with Gasteiger partial charge >= 0.3 is 11.9 Å². The molecule has 36 heavy (non-hydrogen) atoms. The van der Waals surface area contributed by atoms with Gasteiger partial charge in [-0.25, -0.2) is 26.4 Å². The minimum absolute atomic E-state index is 0.114. The van der Waals surface area contributed by atoms with Crippen LogP contribution < -0.4 is 10.0 Å². The van der Waals surface area contributed by atoms with Crippen LogP contribution in [-0.4, -0.2) is 84.5 Å². The van der Waals surface area contributed by atoms with Crippen molar-refractivity contribution in [1.82, 2.24) is 14.3 Å². The molecule has 0 bridgehead atoms. The Labute approximate surface area is 214 Å². The summed E-state index contributed by atoms with van der Waals surface area (Å²) in [6, 6.07) is 0.779.